The van der Waals surface area contributed by atoms with Gasteiger partial charge in [0.15, 0.2) is 0 Å². The lowest BCUT2D eigenvalue weighted by atomic mass is 9.81. The number of hydrogen-bond acceptors (Lipinski definition) is 2. The summed E-state index contributed by atoms with van der Waals surface area (Å²) in [4.78, 5) is 2.77. The van der Waals surface area contributed by atoms with E-state index in [-0.39, 0.29) is 0 Å². The van der Waals surface area contributed by atoms with E-state index in [4.69, 9.17) is 0 Å². The van der Waals surface area contributed by atoms with Gasteiger partial charge in [0.1, 0.15) is 0 Å². The van der Waals surface area contributed by atoms with Crippen LogP contribution in [0, 0.1) is 17.8 Å². The lowest BCUT2D eigenvalue weighted by Gasteiger charge is -2.38. The maximum Gasteiger partial charge on any atom is 0.0120 e. The Kier molecular flexibility index (Phi) is 3.72. The summed E-state index contributed by atoms with van der Waals surface area (Å²) >= 11 is 0. The molecular weight excluding hydrogens is 208 g/mol. The summed E-state index contributed by atoms with van der Waals surface area (Å²) in [5.41, 5.74) is 0. The van der Waals surface area contributed by atoms with E-state index >= 15 is 0 Å². The molecule has 2 heteroatoms. The molecule has 0 spiro atoms. The minimum Gasteiger partial charge on any atom is -0.314 e. The molecule has 0 aromatic rings. The third kappa shape index (κ3) is 2.85. The largest absolute Gasteiger partial charge is 0.314 e. The van der Waals surface area contributed by atoms with E-state index in [1.807, 2.05) is 0 Å². The highest BCUT2D eigenvalue weighted by Crippen LogP contribution is 2.31. The van der Waals surface area contributed by atoms with Gasteiger partial charge in [0.05, 0.1) is 0 Å². The molecule has 0 aromatic heterocycles. The Morgan fingerprint density at radius 2 is 2.12 bits per heavy atom. The van der Waals surface area contributed by atoms with E-state index in [2.05, 4.69) is 17.1 Å². The monoisotopic (exact) mass is 236 g/mol. The number of nitrogens with zero attached hydrogens (tertiary/aromatic N) is 1. The predicted molar refractivity (Wildman–Crippen MR) is 72.1 cm³/mol. The molecule has 3 rings (SSSR count). The molecule has 1 aliphatic carbocycles. The second kappa shape index (κ2) is 5.27. The molecular formula is C15H28N2. The standard InChI is InChI=1S/C15H28N2/c1-12-3-2-4-13(9-12)10-17-8-6-15-14(11-17)5-7-16-15/h12-16H,2-11H2,1H3. The van der Waals surface area contributed by atoms with Gasteiger partial charge in [-0.05, 0) is 56.5 Å². The first-order valence-corrected chi connectivity index (χ1v) is 7.77. The molecule has 0 aromatic carbocycles. The number of piperidine rings is 1. The van der Waals surface area contributed by atoms with Crippen molar-refractivity contribution in [2.75, 3.05) is 26.2 Å². The maximum absolute atomic E-state index is 3.66. The van der Waals surface area contributed by atoms with Crippen molar-refractivity contribution in [3.8, 4) is 0 Å². The molecule has 2 nitrogen and oxygen atoms in total. The van der Waals surface area contributed by atoms with Crippen molar-refractivity contribution < 1.29 is 0 Å². The Balaban J connectivity index is 1.48. The number of likely N-dealkylation sites (tertiary alicyclic amines) is 1. The minimum absolute atomic E-state index is 0.858. The molecule has 98 valence electrons. The maximum atomic E-state index is 3.66. The Morgan fingerprint density at radius 3 is 3.00 bits per heavy atom. The van der Waals surface area contributed by atoms with Crippen LogP contribution in [0.4, 0.5) is 0 Å². The first-order valence-electron chi connectivity index (χ1n) is 7.77. The van der Waals surface area contributed by atoms with E-state index < -0.39 is 0 Å². The van der Waals surface area contributed by atoms with Crippen LogP contribution >= 0.6 is 0 Å². The number of rotatable bonds is 2. The fourth-order valence-corrected chi connectivity index (χ4v) is 4.38. The fourth-order valence-electron chi connectivity index (χ4n) is 4.38. The second-order valence-electron chi connectivity index (χ2n) is 6.80. The average Bonchev–Trinajstić information content (AvgIpc) is 2.76. The van der Waals surface area contributed by atoms with Crippen molar-refractivity contribution in [3.05, 3.63) is 0 Å². The van der Waals surface area contributed by atoms with Gasteiger partial charge in [0.2, 0.25) is 0 Å². The summed E-state index contributed by atoms with van der Waals surface area (Å²) in [6.07, 6.45) is 8.75. The molecule has 2 heterocycles. The van der Waals surface area contributed by atoms with E-state index in [1.165, 1.54) is 64.7 Å². The van der Waals surface area contributed by atoms with Crippen molar-refractivity contribution in [2.24, 2.45) is 17.8 Å². The lowest BCUT2D eigenvalue weighted by molar-refractivity contribution is 0.121. The third-order valence-electron chi connectivity index (χ3n) is 5.30. The summed E-state index contributed by atoms with van der Waals surface area (Å²) in [6.45, 7) is 7.83. The van der Waals surface area contributed by atoms with Gasteiger partial charge >= 0.3 is 0 Å². The summed E-state index contributed by atoms with van der Waals surface area (Å²) in [5.74, 6) is 2.95. The predicted octanol–water partition coefficient (Wildman–Crippen LogP) is 2.50. The highest BCUT2D eigenvalue weighted by molar-refractivity contribution is 4.90. The summed E-state index contributed by atoms with van der Waals surface area (Å²) in [5, 5.41) is 3.66. The Labute approximate surface area is 106 Å². The molecule has 0 amide bonds. The van der Waals surface area contributed by atoms with Crippen LogP contribution < -0.4 is 5.32 Å². The van der Waals surface area contributed by atoms with E-state index in [1.54, 1.807) is 0 Å². The molecule has 3 aliphatic rings. The van der Waals surface area contributed by atoms with Crippen LogP contribution in [0.15, 0.2) is 0 Å². The van der Waals surface area contributed by atoms with Gasteiger partial charge in [0.25, 0.3) is 0 Å². The molecule has 2 aliphatic heterocycles. The molecule has 0 radical (unpaired) electrons. The quantitative estimate of drug-likeness (QED) is 0.792. The molecule has 3 fully saturated rings. The molecule has 1 saturated carbocycles. The van der Waals surface area contributed by atoms with Gasteiger partial charge in [-0.2, -0.15) is 0 Å². The van der Waals surface area contributed by atoms with Gasteiger partial charge in [-0.15, -0.1) is 0 Å². The summed E-state index contributed by atoms with van der Waals surface area (Å²) in [7, 11) is 0. The van der Waals surface area contributed by atoms with Crippen LogP contribution in [0.3, 0.4) is 0 Å². The van der Waals surface area contributed by atoms with E-state index in [9.17, 15) is 0 Å². The molecule has 0 bridgehead atoms. The van der Waals surface area contributed by atoms with Gasteiger partial charge in [0, 0.05) is 19.1 Å². The normalized spacial score (nSPS) is 43.6. The van der Waals surface area contributed by atoms with Crippen LogP contribution in [-0.2, 0) is 0 Å². The number of hydrogen-bond donors (Lipinski definition) is 1. The molecule has 1 N–H and O–H groups in total. The van der Waals surface area contributed by atoms with Gasteiger partial charge in [-0.25, -0.2) is 0 Å². The molecule has 2 saturated heterocycles. The van der Waals surface area contributed by atoms with Crippen LogP contribution in [0.1, 0.15) is 45.4 Å². The zero-order valence-corrected chi connectivity index (χ0v) is 11.3. The second-order valence-corrected chi connectivity index (χ2v) is 6.80. The number of fused-ring (bicyclic) bond motifs is 1. The third-order valence-corrected chi connectivity index (χ3v) is 5.30. The summed E-state index contributed by atoms with van der Waals surface area (Å²) in [6, 6.07) is 0.858. The highest BCUT2D eigenvalue weighted by atomic mass is 15.2. The molecule has 4 unspecified atom stereocenters. The van der Waals surface area contributed by atoms with Crippen molar-refractivity contribution in [2.45, 2.75) is 51.5 Å². The van der Waals surface area contributed by atoms with E-state index in [0.29, 0.717) is 0 Å². The smallest absolute Gasteiger partial charge is 0.0120 e. The van der Waals surface area contributed by atoms with Crippen molar-refractivity contribution in [3.63, 3.8) is 0 Å². The summed E-state index contributed by atoms with van der Waals surface area (Å²) < 4.78 is 0. The minimum atomic E-state index is 0.858. The Morgan fingerprint density at radius 1 is 1.18 bits per heavy atom. The van der Waals surface area contributed by atoms with Crippen molar-refractivity contribution in [1.29, 1.82) is 0 Å². The fraction of sp³-hybridized carbons (Fsp3) is 1.00. The Bertz CT molecular complexity index is 253. The van der Waals surface area contributed by atoms with Crippen molar-refractivity contribution in [1.82, 2.24) is 10.2 Å². The highest BCUT2D eigenvalue weighted by Gasteiger charge is 2.33. The van der Waals surface area contributed by atoms with Gasteiger partial charge < -0.3 is 10.2 Å². The van der Waals surface area contributed by atoms with Crippen LogP contribution in [0.25, 0.3) is 0 Å². The topological polar surface area (TPSA) is 15.3 Å². The first kappa shape index (κ1) is 12.0. The van der Waals surface area contributed by atoms with Crippen LogP contribution in [0.5, 0.6) is 0 Å². The first-order chi connectivity index (χ1) is 8.31. The SMILES string of the molecule is CC1CCCC(CN2CCC3NCCC3C2)C1. The molecule has 4 atom stereocenters. The van der Waals surface area contributed by atoms with Crippen LogP contribution in [0.2, 0.25) is 0 Å². The van der Waals surface area contributed by atoms with E-state index in [0.717, 1.165) is 23.8 Å². The van der Waals surface area contributed by atoms with Gasteiger partial charge in [-0.3, -0.25) is 0 Å². The van der Waals surface area contributed by atoms with Crippen LogP contribution in [-0.4, -0.2) is 37.1 Å². The zero-order chi connectivity index (χ0) is 11.7. The van der Waals surface area contributed by atoms with Crippen molar-refractivity contribution >= 4 is 0 Å². The number of nitrogens with one attached hydrogen (secondary N) is 1. The zero-order valence-electron chi connectivity index (χ0n) is 11.3. The van der Waals surface area contributed by atoms with Gasteiger partial charge in [-0.1, -0.05) is 19.8 Å². The average molecular weight is 236 g/mol. The lowest BCUT2D eigenvalue weighted by Crippen LogP contribution is -2.46. The Hall–Kier alpha value is -0.0800. The molecule has 17 heavy (non-hydrogen) atoms.